The third-order valence-electron chi connectivity index (χ3n) is 4.14. The van der Waals surface area contributed by atoms with Gasteiger partial charge in [0.25, 0.3) is 0 Å². The maximum atomic E-state index is 4.68. The first-order valence-corrected chi connectivity index (χ1v) is 8.98. The fraction of sp³-hybridized carbons (Fsp3) is 0.278. The van der Waals surface area contributed by atoms with E-state index in [1.807, 2.05) is 30.6 Å². The van der Waals surface area contributed by atoms with Crippen molar-refractivity contribution in [3.63, 3.8) is 0 Å². The van der Waals surface area contributed by atoms with Gasteiger partial charge in [-0.2, -0.15) is 0 Å². The lowest BCUT2D eigenvalue weighted by atomic mass is 10.0. The molecular weight excluding hydrogens is 318 g/mol. The minimum absolute atomic E-state index is 0.666. The Labute approximate surface area is 145 Å². The third-order valence-corrected chi connectivity index (χ3v) is 5.11. The van der Waals surface area contributed by atoms with Crippen molar-refractivity contribution in [3.8, 4) is 10.4 Å². The van der Waals surface area contributed by atoms with Gasteiger partial charge in [0.05, 0.1) is 16.8 Å². The molecule has 0 amide bonds. The molecule has 1 aromatic carbocycles. The quantitative estimate of drug-likeness (QED) is 0.746. The first-order valence-electron chi connectivity index (χ1n) is 8.17. The monoisotopic (exact) mass is 337 g/mol. The second-order valence-corrected chi connectivity index (χ2v) is 7.01. The van der Waals surface area contributed by atoms with E-state index in [2.05, 4.69) is 37.7 Å². The van der Waals surface area contributed by atoms with Gasteiger partial charge in [-0.15, -0.1) is 0 Å². The van der Waals surface area contributed by atoms with Crippen LogP contribution in [0.3, 0.4) is 0 Å². The van der Waals surface area contributed by atoms with Crippen molar-refractivity contribution in [1.82, 2.24) is 20.3 Å². The molecule has 1 atom stereocenters. The van der Waals surface area contributed by atoms with Crippen molar-refractivity contribution < 1.29 is 0 Å². The molecule has 4 rings (SSSR count). The Hall–Kier alpha value is -2.31. The third kappa shape index (κ3) is 3.60. The highest BCUT2D eigenvalue weighted by Crippen LogP contribution is 2.30. The summed E-state index contributed by atoms with van der Waals surface area (Å²) in [6.07, 6.45) is 7.69. The van der Waals surface area contributed by atoms with E-state index >= 15 is 0 Å². The van der Waals surface area contributed by atoms with Crippen molar-refractivity contribution in [2.45, 2.75) is 12.8 Å². The zero-order valence-electron chi connectivity index (χ0n) is 13.3. The average molecular weight is 337 g/mol. The summed E-state index contributed by atoms with van der Waals surface area (Å²) in [5.74, 6) is 1.42. The second-order valence-electron chi connectivity index (χ2n) is 5.98. The smallest absolute Gasteiger partial charge is 0.188 e. The van der Waals surface area contributed by atoms with Gasteiger partial charge >= 0.3 is 0 Å². The zero-order valence-corrected chi connectivity index (χ0v) is 14.1. The van der Waals surface area contributed by atoms with E-state index in [1.165, 1.54) is 12.0 Å². The molecule has 0 bridgehead atoms. The second kappa shape index (κ2) is 7.07. The summed E-state index contributed by atoms with van der Waals surface area (Å²) in [6, 6.07) is 10.3. The number of anilines is 2. The van der Waals surface area contributed by atoms with E-state index in [9.17, 15) is 0 Å². The van der Waals surface area contributed by atoms with Crippen molar-refractivity contribution in [1.29, 1.82) is 0 Å². The Kier molecular flexibility index (Phi) is 4.49. The summed E-state index contributed by atoms with van der Waals surface area (Å²) in [5.41, 5.74) is 2.21. The molecular formula is C18H19N5S. The standard InChI is InChI=1S/C18H19N5S/c1-2-4-14(5-3-1)16-11-21-18(24-16)23-17-12-20-10-15(22-17)8-13-6-7-19-9-13/h1-5,10-13,19H,6-9H2,(H,21,22,23). The molecule has 6 heteroatoms. The molecule has 3 heterocycles. The van der Waals surface area contributed by atoms with Gasteiger partial charge in [0.2, 0.25) is 0 Å². The first kappa shape index (κ1) is 15.2. The van der Waals surface area contributed by atoms with Gasteiger partial charge in [0, 0.05) is 12.4 Å². The highest BCUT2D eigenvalue weighted by Gasteiger charge is 2.16. The van der Waals surface area contributed by atoms with Crippen LogP contribution in [0.4, 0.5) is 10.9 Å². The van der Waals surface area contributed by atoms with Gasteiger partial charge in [0.1, 0.15) is 0 Å². The topological polar surface area (TPSA) is 62.7 Å². The summed E-state index contributed by atoms with van der Waals surface area (Å²) in [7, 11) is 0. The molecule has 3 aromatic rings. The largest absolute Gasteiger partial charge is 0.316 e. The molecule has 1 aliphatic heterocycles. The van der Waals surface area contributed by atoms with Gasteiger partial charge in [-0.25, -0.2) is 9.97 Å². The minimum Gasteiger partial charge on any atom is -0.316 e. The number of nitrogens with one attached hydrogen (secondary N) is 2. The maximum absolute atomic E-state index is 4.68. The number of rotatable bonds is 5. The van der Waals surface area contributed by atoms with Crippen LogP contribution >= 0.6 is 11.3 Å². The molecule has 0 spiro atoms. The van der Waals surface area contributed by atoms with Gasteiger partial charge in [0.15, 0.2) is 10.9 Å². The number of nitrogens with zero attached hydrogens (tertiary/aromatic N) is 3. The lowest BCUT2D eigenvalue weighted by Gasteiger charge is -2.08. The number of hydrogen-bond donors (Lipinski definition) is 2. The van der Waals surface area contributed by atoms with E-state index in [1.54, 1.807) is 17.5 Å². The number of hydrogen-bond acceptors (Lipinski definition) is 6. The van der Waals surface area contributed by atoms with Crippen LogP contribution in [0.2, 0.25) is 0 Å². The average Bonchev–Trinajstić information content (AvgIpc) is 3.28. The lowest BCUT2D eigenvalue weighted by Crippen LogP contribution is -2.11. The predicted octanol–water partition coefficient (Wildman–Crippen LogP) is 3.50. The van der Waals surface area contributed by atoms with Crippen LogP contribution in [0.5, 0.6) is 0 Å². The summed E-state index contributed by atoms with van der Waals surface area (Å²) >= 11 is 1.62. The molecule has 2 aromatic heterocycles. The Morgan fingerprint density at radius 1 is 1.17 bits per heavy atom. The molecule has 0 radical (unpaired) electrons. The van der Waals surface area contributed by atoms with Crippen molar-refractivity contribution in [3.05, 3.63) is 54.6 Å². The molecule has 5 nitrogen and oxygen atoms in total. The maximum Gasteiger partial charge on any atom is 0.188 e. The Balaban J connectivity index is 1.46. The molecule has 1 aliphatic rings. The molecule has 2 N–H and O–H groups in total. The van der Waals surface area contributed by atoms with Crippen LogP contribution in [0.1, 0.15) is 12.1 Å². The molecule has 1 unspecified atom stereocenters. The molecule has 24 heavy (non-hydrogen) atoms. The first-order chi connectivity index (χ1) is 11.9. The highest BCUT2D eigenvalue weighted by atomic mass is 32.1. The fourth-order valence-corrected chi connectivity index (χ4v) is 3.76. The Bertz CT molecular complexity index is 796. The van der Waals surface area contributed by atoms with E-state index in [0.29, 0.717) is 5.92 Å². The van der Waals surface area contributed by atoms with Crippen molar-refractivity contribution in [2.75, 3.05) is 18.4 Å². The molecule has 0 aliphatic carbocycles. The summed E-state index contributed by atoms with van der Waals surface area (Å²) in [5, 5.41) is 7.51. The van der Waals surface area contributed by atoms with Crippen LogP contribution in [0.15, 0.2) is 48.9 Å². The summed E-state index contributed by atoms with van der Waals surface area (Å²) in [4.78, 5) is 14.6. The minimum atomic E-state index is 0.666. The van der Waals surface area contributed by atoms with E-state index in [4.69, 9.17) is 0 Å². The van der Waals surface area contributed by atoms with Crippen LogP contribution in [0, 0.1) is 5.92 Å². The molecule has 122 valence electrons. The number of benzene rings is 1. The fourth-order valence-electron chi connectivity index (χ4n) is 2.93. The SMILES string of the molecule is c1ccc(-c2cnc(Nc3cncc(CC4CCNC4)n3)s2)cc1. The summed E-state index contributed by atoms with van der Waals surface area (Å²) < 4.78 is 0. The predicted molar refractivity (Wildman–Crippen MR) is 97.5 cm³/mol. The van der Waals surface area contributed by atoms with Crippen LogP contribution in [-0.2, 0) is 6.42 Å². The molecule has 1 saturated heterocycles. The zero-order chi connectivity index (χ0) is 16.2. The van der Waals surface area contributed by atoms with Gasteiger partial charge in [-0.3, -0.25) is 4.98 Å². The molecule has 1 fully saturated rings. The normalized spacial score (nSPS) is 17.1. The molecule has 0 saturated carbocycles. The number of thiazole rings is 1. The van der Waals surface area contributed by atoms with Gasteiger partial charge in [-0.05, 0) is 37.4 Å². The van der Waals surface area contributed by atoms with Crippen LogP contribution in [-0.4, -0.2) is 28.0 Å². The van der Waals surface area contributed by atoms with Crippen molar-refractivity contribution in [2.24, 2.45) is 5.92 Å². The van der Waals surface area contributed by atoms with Gasteiger partial charge < -0.3 is 10.6 Å². The van der Waals surface area contributed by atoms with E-state index in [0.717, 1.165) is 41.0 Å². The Morgan fingerprint density at radius 2 is 2.08 bits per heavy atom. The van der Waals surface area contributed by atoms with Crippen LogP contribution < -0.4 is 10.6 Å². The highest BCUT2D eigenvalue weighted by molar-refractivity contribution is 7.18. The lowest BCUT2D eigenvalue weighted by molar-refractivity contribution is 0.571. The summed E-state index contributed by atoms with van der Waals surface area (Å²) in [6.45, 7) is 2.18. The Morgan fingerprint density at radius 3 is 2.92 bits per heavy atom. The van der Waals surface area contributed by atoms with Gasteiger partial charge in [-0.1, -0.05) is 41.7 Å². The van der Waals surface area contributed by atoms with Crippen molar-refractivity contribution >= 4 is 22.3 Å². The number of aromatic nitrogens is 3. The van der Waals surface area contributed by atoms with E-state index < -0.39 is 0 Å². The van der Waals surface area contributed by atoms with Crippen LogP contribution in [0.25, 0.3) is 10.4 Å². The van der Waals surface area contributed by atoms with E-state index in [-0.39, 0.29) is 0 Å².